The number of nitrogens with one attached hydrogen (secondary N) is 1. The van der Waals surface area contributed by atoms with Gasteiger partial charge in [-0.05, 0) is 75.4 Å². The molecule has 1 aromatic heterocycles. The molecule has 2 N–H and O–H groups in total. The van der Waals surface area contributed by atoms with Gasteiger partial charge in [0.2, 0.25) is 0 Å². The Balaban J connectivity index is 1.63. The summed E-state index contributed by atoms with van der Waals surface area (Å²) < 4.78 is 41.4. The molecule has 4 atom stereocenters. The maximum absolute atomic E-state index is 14.3. The number of hydrogen-bond acceptors (Lipinski definition) is 8. The van der Waals surface area contributed by atoms with E-state index in [1.807, 2.05) is 25.1 Å². The van der Waals surface area contributed by atoms with E-state index in [9.17, 15) is 18.3 Å². The number of likely N-dealkylation sites (N-methyl/N-ethyl adjacent to an activating group) is 1. The van der Waals surface area contributed by atoms with Gasteiger partial charge in [-0.2, -0.15) is 0 Å². The van der Waals surface area contributed by atoms with E-state index < -0.39 is 16.1 Å². The van der Waals surface area contributed by atoms with Crippen molar-refractivity contribution >= 4 is 33.0 Å². The van der Waals surface area contributed by atoms with Gasteiger partial charge in [0.25, 0.3) is 15.9 Å². The van der Waals surface area contributed by atoms with Gasteiger partial charge >= 0.3 is 0 Å². The van der Waals surface area contributed by atoms with E-state index in [1.54, 1.807) is 35.4 Å². The zero-order chi connectivity index (χ0) is 31.7. The number of sulfonamides is 1. The fourth-order valence-corrected chi connectivity index (χ4v) is 7.38. The highest BCUT2D eigenvalue weighted by molar-refractivity contribution is 7.94. The Morgan fingerprint density at radius 2 is 1.89 bits per heavy atom. The lowest BCUT2D eigenvalue weighted by atomic mass is 10.0. The van der Waals surface area contributed by atoms with Gasteiger partial charge in [-0.1, -0.05) is 43.3 Å². The Bertz CT molecular complexity index is 1430. The quantitative estimate of drug-likeness (QED) is 0.318. The molecule has 9 nitrogen and oxygen atoms in total. The fraction of sp³-hybridized carbons (Fsp3) is 0.485. The topological polar surface area (TPSA) is 108 Å². The van der Waals surface area contributed by atoms with E-state index in [1.165, 1.54) is 17.7 Å². The lowest BCUT2D eigenvalue weighted by molar-refractivity contribution is -0.0177. The predicted octanol–water partition coefficient (Wildman–Crippen LogP) is 5.48. The van der Waals surface area contributed by atoms with E-state index in [-0.39, 0.29) is 46.1 Å². The van der Waals surface area contributed by atoms with Crippen LogP contribution in [-0.2, 0) is 21.3 Å². The number of ether oxygens (including phenoxy) is 2. The number of aliphatic hydroxyl groups excluding tert-OH is 1. The van der Waals surface area contributed by atoms with Crippen molar-refractivity contribution in [1.82, 2.24) is 9.80 Å². The number of benzene rings is 2. The third kappa shape index (κ3) is 9.28. The number of aliphatic hydroxyl groups is 1. The number of amides is 1. The van der Waals surface area contributed by atoms with Crippen LogP contribution in [0.1, 0.15) is 56.0 Å². The van der Waals surface area contributed by atoms with Crippen LogP contribution in [0.3, 0.4) is 0 Å². The van der Waals surface area contributed by atoms with Gasteiger partial charge in [-0.25, -0.2) is 8.42 Å². The molecule has 0 fully saturated rings. The SMILES string of the molecule is C[C@H]1CCCCO[C@@H](CN(C)Cc2ccccc2)[C@@H](C)CN([C@@H](C)CO)C(=O)c2cc(NS(=O)(=O)c3cccs3)ccc2O1. The first-order chi connectivity index (χ1) is 21.1. The lowest BCUT2D eigenvalue weighted by Crippen LogP contribution is -2.47. The minimum absolute atomic E-state index is 0.0575. The van der Waals surface area contributed by atoms with Crippen molar-refractivity contribution in [2.24, 2.45) is 5.92 Å². The normalized spacial score (nSPS) is 21.3. The number of nitrogens with zero attached hydrogens (tertiary/aromatic N) is 2. The highest BCUT2D eigenvalue weighted by Crippen LogP contribution is 2.30. The summed E-state index contributed by atoms with van der Waals surface area (Å²) >= 11 is 1.12. The second kappa shape index (κ2) is 15.9. The predicted molar refractivity (Wildman–Crippen MR) is 175 cm³/mol. The summed E-state index contributed by atoms with van der Waals surface area (Å²) in [6.07, 6.45) is 2.23. The summed E-state index contributed by atoms with van der Waals surface area (Å²) in [4.78, 5) is 18.2. The van der Waals surface area contributed by atoms with E-state index >= 15 is 0 Å². The number of carbonyl (C=O) groups excluding carboxylic acids is 1. The van der Waals surface area contributed by atoms with Crippen molar-refractivity contribution in [2.75, 3.05) is 38.1 Å². The number of carbonyl (C=O) groups is 1. The molecule has 3 aromatic rings. The number of rotatable bonds is 9. The van der Waals surface area contributed by atoms with Gasteiger partial charge in [0.15, 0.2) is 0 Å². The summed E-state index contributed by atoms with van der Waals surface area (Å²) in [5.41, 5.74) is 1.72. The standard InChI is InChI=1S/C33H45N3O6S2/c1-24-20-36(25(2)23-37)33(38)29-19-28(34-44(39,40)32-14-10-18-43-32)15-16-30(29)42-26(3)11-8-9-17-41-31(24)22-35(4)21-27-12-6-5-7-13-27/h5-7,10,12-16,18-19,24-26,31,34,37H,8-9,11,17,20-23H2,1-4H3/t24-,25-,26-,31-/m0/s1. The molecule has 0 saturated heterocycles. The van der Waals surface area contributed by atoms with Crippen LogP contribution in [0, 0.1) is 5.92 Å². The summed E-state index contributed by atoms with van der Waals surface area (Å²) in [5, 5.41) is 11.9. The third-order valence-corrected chi connectivity index (χ3v) is 10.6. The minimum atomic E-state index is -3.82. The molecule has 1 aliphatic rings. The van der Waals surface area contributed by atoms with Crippen molar-refractivity contribution in [3.05, 3.63) is 77.2 Å². The van der Waals surface area contributed by atoms with Crippen LogP contribution >= 0.6 is 11.3 Å². The maximum atomic E-state index is 14.3. The number of hydrogen-bond donors (Lipinski definition) is 2. The Kier molecular flexibility index (Phi) is 12.2. The summed E-state index contributed by atoms with van der Waals surface area (Å²) in [7, 11) is -1.75. The molecule has 0 bridgehead atoms. The molecule has 1 aliphatic heterocycles. The minimum Gasteiger partial charge on any atom is -0.490 e. The summed E-state index contributed by atoms with van der Waals surface area (Å²) in [6, 6.07) is 17.8. The Morgan fingerprint density at radius 3 is 2.59 bits per heavy atom. The van der Waals surface area contributed by atoms with Crippen LogP contribution in [0.4, 0.5) is 5.69 Å². The zero-order valence-corrected chi connectivity index (χ0v) is 27.6. The summed E-state index contributed by atoms with van der Waals surface area (Å²) in [5.74, 6) is -0.0130. The Labute approximate surface area is 265 Å². The van der Waals surface area contributed by atoms with Gasteiger partial charge in [-0.3, -0.25) is 14.4 Å². The molecule has 0 spiro atoms. The van der Waals surface area contributed by atoms with Gasteiger partial charge < -0.3 is 19.5 Å². The average molecular weight is 644 g/mol. The largest absolute Gasteiger partial charge is 0.490 e. The Hall–Kier alpha value is -2.96. The molecule has 1 amide bonds. The monoisotopic (exact) mass is 643 g/mol. The van der Waals surface area contributed by atoms with Crippen LogP contribution in [0.15, 0.2) is 70.3 Å². The molecule has 0 aliphatic carbocycles. The molecule has 44 heavy (non-hydrogen) atoms. The fourth-order valence-electron chi connectivity index (χ4n) is 5.34. The lowest BCUT2D eigenvalue weighted by Gasteiger charge is -2.36. The first-order valence-electron chi connectivity index (χ1n) is 15.2. The molecular weight excluding hydrogens is 599 g/mol. The van der Waals surface area contributed by atoms with Crippen LogP contribution in [0.2, 0.25) is 0 Å². The molecular formula is C33H45N3O6S2. The molecule has 11 heteroatoms. The molecule has 240 valence electrons. The number of fused-ring (bicyclic) bond motifs is 1. The third-order valence-electron chi connectivity index (χ3n) is 7.85. The molecule has 2 aromatic carbocycles. The van der Waals surface area contributed by atoms with Crippen molar-refractivity contribution in [3.63, 3.8) is 0 Å². The van der Waals surface area contributed by atoms with E-state index in [0.717, 1.165) is 37.1 Å². The zero-order valence-electron chi connectivity index (χ0n) is 26.0. The first kappa shape index (κ1) is 33.9. The molecule has 4 rings (SSSR count). The highest BCUT2D eigenvalue weighted by Gasteiger charge is 2.30. The second-order valence-corrected chi connectivity index (χ2v) is 14.6. The average Bonchev–Trinajstić information content (AvgIpc) is 3.55. The Morgan fingerprint density at radius 1 is 1.11 bits per heavy atom. The number of anilines is 1. The highest BCUT2D eigenvalue weighted by atomic mass is 32.2. The number of thiophene rings is 1. The van der Waals surface area contributed by atoms with Crippen LogP contribution in [-0.4, -0.2) is 80.8 Å². The van der Waals surface area contributed by atoms with Crippen molar-refractivity contribution < 1.29 is 27.8 Å². The smallest absolute Gasteiger partial charge is 0.271 e. The van der Waals surface area contributed by atoms with Gasteiger partial charge in [0.1, 0.15) is 9.96 Å². The molecule has 0 radical (unpaired) electrons. The van der Waals surface area contributed by atoms with E-state index in [4.69, 9.17) is 9.47 Å². The van der Waals surface area contributed by atoms with Gasteiger partial charge in [-0.15, -0.1) is 11.3 Å². The summed E-state index contributed by atoms with van der Waals surface area (Å²) in [6.45, 7) is 8.01. The van der Waals surface area contributed by atoms with Crippen molar-refractivity contribution in [3.8, 4) is 5.75 Å². The van der Waals surface area contributed by atoms with Crippen molar-refractivity contribution in [1.29, 1.82) is 0 Å². The van der Waals surface area contributed by atoms with Crippen LogP contribution in [0.25, 0.3) is 0 Å². The maximum Gasteiger partial charge on any atom is 0.271 e. The van der Waals surface area contributed by atoms with Crippen LogP contribution in [0.5, 0.6) is 5.75 Å². The van der Waals surface area contributed by atoms with Crippen molar-refractivity contribution in [2.45, 2.75) is 69.0 Å². The van der Waals surface area contributed by atoms with Gasteiger partial charge in [0.05, 0.1) is 30.4 Å². The molecule has 0 saturated carbocycles. The first-order valence-corrected chi connectivity index (χ1v) is 17.6. The van der Waals surface area contributed by atoms with Gasteiger partial charge in [0, 0.05) is 37.8 Å². The molecule has 0 unspecified atom stereocenters. The van der Waals surface area contributed by atoms with Crippen LogP contribution < -0.4 is 9.46 Å². The molecule has 2 heterocycles. The second-order valence-electron chi connectivity index (χ2n) is 11.7. The van der Waals surface area contributed by atoms with E-state index in [0.29, 0.717) is 25.4 Å². The van der Waals surface area contributed by atoms with E-state index in [2.05, 4.69) is 35.7 Å².